The van der Waals surface area contributed by atoms with E-state index in [0.29, 0.717) is 17.2 Å². The van der Waals surface area contributed by atoms with Crippen LogP contribution in [0.4, 0.5) is 5.69 Å². The van der Waals surface area contributed by atoms with E-state index in [4.69, 9.17) is 14.3 Å². The van der Waals surface area contributed by atoms with E-state index < -0.39 is 0 Å². The Morgan fingerprint density at radius 2 is 1.92 bits per heavy atom. The summed E-state index contributed by atoms with van der Waals surface area (Å²) in [6.45, 7) is 1.77. The molecule has 0 heterocycles. The third-order valence-electron chi connectivity index (χ3n) is 3.32. The summed E-state index contributed by atoms with van der Waals surface area (Å²) in [6, 6.07) is 10.9. The third kappa shape index (κ3) is 5.49. The molecule has 7 heteroatoms. The van der Waals surface area contributed by atoms with Crippen LogP contribution < -0.4 is 14.8 Å². The van der Waals surface area contributed by atoms with Gasteiger partial charge in [0, 0.05) is 15.7 Å². The van der Waals surface area contributed by atoms with Crippen LogP contribution in [0, 0.1) is 6.92 Å². The number of rotatable bonds is 7. The molecule has 0 spiro atoms. The molecule has 2 aromatic rings. The van der Waals surface area contributed by atoms with E-state index in [-0.39, 0.29) is 12.5 Å². The van der Waals surface area contributed by atoms with Gasteiger partial charge in [0.15, 0.2) is 18.1 Å². The summed E-state index contributed by atoms with van der Waals surface area (Å²) in [5, 5.41) is 6.54. The van der Waals surface area contributed by atoms with Crippen LogP contribution in [0.25, 0.3) is 0 Å². The van der Waals surface area contributed by atoms with Gasteiger partial charge < -0.3 is 19.6 Å². The Kier molecular flexibility index (Phi) is 6.82. The molecular weight excluding hydrogens is 388 g/mol. The largest absolute Gasteiger partial charge is 0.493 e. The highest BCUT2D eigenvalue weighted by molar-refractivity contribution is 9.10. The Morgan fingerprint density at radius 1 is 1.16 bits per heavy atom. The van der Waals surface area contributed by atoms with Crippen LogP contribution in [0.15, 0.2) is 46.0 Å². The molecule has 1 amide bonds. The number of benzene rings is 2. The molecular formula is C18H19BrN2O4. The number of carbonyl (C=O) groups excluding carboxylic acids is 1. The van der Waals surface area contributed by atoms with Crippen molar-refractivity contribution in [3.8, 4) is 11.5 Å². The van der Waals surface area contributed by atoms with Crippen LogP contribution in [0.1, 0.15) is 11.1 Å². The molecule has 2 rings (SSSR count). The topological polar surface area (TPSA) is 69.2 Å². The minimum Gasteiger partial charge on any atom is -0.493 e. The zero-order chi connectivity index (χ0) is 18.2. The second-order valence-corrected chi connectivity index (χ2v) is 5.99. The van der Waals surface area contributed by atoms with Crippen molar-refractivity contribution in [1.82, 2.24) is 0 Å². The Bertz CT molecular complexity index is 778. The SMILES string of the molecule is COc1ccc(/C=N\OCC(=O)Nc2ccc(Br)c(C)c2)cc1OC. The van der Waals surface area contributed by atoms with Gasteiger partial charge in [-0.1, -0.05) is 21.1 Å². The lowest BCUT2D eigenvalue weighted by Gasteiger charge is -2.07. The van der Waals surface area contributed by atoms with Crippen LogP contribution in [-0.4, -0.2) is 32.9 Å². The molecule has 2 aromatic carbocycles. The van der Waals surface area contributed by atoms with Gasteiger partial charge in [-0.05, 0) is 48.9 Å². The van der Waals surface area contributed by atoms with E-state index in [1.54, 1.807) is 32.4 Å². The number of methoxy groups -OCH3 is 2. The lowest BCUT2D eigenvalue weighted by atomic mass is 10.2. The van der Waals surface area contributed by atoms with Crippen molar-refractivity contribution in [2.75, 3.05) is 26.1 Å². The molecule has 0 atom stereocenters. The maximum absolute atomic E-state index is 11.8. The molecule has 0 aliphatic heterocycles. The first-order valence-electron chi connectivity index (χ1n) is 7.47. The molecule has 0 radical (unpaired) electrons. The molecule has 0 saturated carbocycles. The van der Waals surface area contributed by atoms with Gasteiger partial charge in [-0.2, -0.15) is 0 Å². The fourth-order valence-electron chi connectivity index (χ4n) is 2.05. The van der Waals surface area contributed by atoms with E-state index in [2.05, 4.69) is 26.4 Å². The molecule has 0 bridgehead atoms. The highest BCUT2D eigenvalue weighted by Crippen LogP contribution is 2.26. The standard InChI is InChI=1S/C18H19BrN2O4/c1-12-8-14(5-6-15(12)19)21-18(22)11-25-20-10-13-4-7-16(23-2)17(9-13)24-3/h4-10H,11H2,1-3H3,(H,21,22)/b20-10-. The van der Waals surface area contributed by atoms with Crippen LogP contribution in [-0.2, 0) is 9.63 Å². The van der Waals surface area contributed by atoms with Gasteiger partial charge in [0.1, 0.15) is 0 Å². The summed E-state index contributed by atoms with van der Waals surface area (Å²) in [5.41, 5.74) is 2.50. The minimum atomic E-state index is -0.286. The van der Waals surface area contributed by atoms with Crippen molar-refractivity contribution in [3.63, 3.8) is 0 Å². The molecule has 0 fully saturated rings. The summed E-state index contributed by atoms with van der Waals surface area (Å²) < 4.78 is 11.4. The zero-order valence-corrected chi connectivity index (χ0v) is 15.8. The van der Waals surface area contributed by atoms with Gasteiger partial charge in [-0.3, -0.25) is 4.79 Å². The molecule has 0 aromatic heterocycles. The number of anilines is 1. The number of hydrogen-bond donors (Lipinski definition) is 1. The minimum absolute atomic E-state index is 0.182. The lowest BCUT2D eigenvalue weighted by molar-refractivity contribution is -0.120. The number of amides is 1. The Labute approximate surface area is 154 Å². The fraction of sp³-hybridized carbons (Fsp3) is 0.222. The first-order valence-corrected chi connectivity index (χ1v) is 8.26. The number of oxime groups is 1. The summed E-state index contributed by atoms with van der Waals surface area (Å²) in [5.74, 6) is 0.936. The van der Waals surface area contributed by atoms with E-state index in [0.717, 1.165) is 15.6 Å². The van der Waals surface area contributed by atoms with Gasteiger partial charge in [-0.15, -0.1) is 0 Å². The predicted octanol–water partition coefficient (Wildman–Crippen LogP) is 3.76. The molecule has 25 heavy (non-hydrogen) atoms. The van der Waals surface area contributed by atoms with Crippen molar-refractivity contribution in [3.05, 3.63) is 52.0 Å². The summed E-state index contributed by atoms with van der Waals surface area (Å²) in [6.07, 6.45) is 1.50. The highest BCUT2D eigenvalue weighted by atomic mass is 79.9. The van der Waals surface area contributed by atoms with Crippen LogP contribution >= 0.6 is 15.9 Å². The van der Waals surface area contributed by atoms with Crippen molar-refractivity contribution in [2.45, 2.75) is 6.92 Å². The van der Waals surface area contributed by atoms with Gasteiger partial charge in [0.2, 0.25) is 0 Å². The van der Waals surface area contributed by atoms with Crippen LogP contribution in [0.2, 0.25) is 0 Å². The average molecular weight is 407 g/mol. The van der Waals surface area contributed by atoms with E-state index in [1.165, 1.54) is 6.21 Å². The van der Waals surface area contributed by atoms with E-state index in [9.17, 15) is 4.79 Å². The number of halogens is 1. The Balaban J connectivity index is 1.86. The molecule has 132 valence electrons. The predicted molar refractivity (Wildman–Crippen MR) is 101 cm³/mol. The van der Waals surface area contributed by atoms with Gasteiger partial charge in [0.25, 0.3) is 5.91 Å². The third-order valence-corrected chi connectivity index (χ3v) is 4.21. The van der Waals surface area contributed by atoms with E-state index in [1.807, 2.05) is 25.1 Å². The second-order valence-electron chi connectivity index (χ2n) is 5.13. The van der Waals surface area contributed by atoms with Gasteiger partial charge >= 0.3 is 0 Å². The summed E-state index contributed by atoms with van der Waals surface area (Å²) >= 11 is 3.41. The average Bonchev–Trinajstić information content (AvgIpc) is 2.61. The fourth-order valence-corrected chi connectivity index (χ4v) is 2.29. The maximum atomic E-state index is 11.8. The molecule has 6 nitrogen and oxygen atoms in total. The molecule has 0 aliphatic carbocycles. The zero-order valence-electron chi connectivity index (χ0n) is 14.2. The first kappa shape index (κ1) is 18.8. The maximum Gasteiger partial charge on any atom is 0.265 e. The highest BCUT2D eigenvalue weighted by Gasteiger charge is 2.05. The van der Waals surface area contributed by atoms with Gasteiger partial charge in [0.05, 0.1) is 20.4 Å². The van der Waals surface area contributed by atoms with Crippen LogP contribution in [0.5, 0.6) is 11.5 Å². The van der Waals surface area contributed by atoms with Gasteiger partial charge in [-0.25, -0.2) is 0 Å². The monoisotopic (exact) mass is 406 g/mol. The number of carbonyl (C=O) groups is 1. The molecule has 0 aliphatic rings. The molecule has 0 unspecified atom stereocenters. The smallest absolute Gasteiger partial charge is 0.265 e. The summed E-state index contributed by atoms with van der Waals surface area (Å²) in [7, 11) is 3.13. The number of ether oxygens (including phenoxy) is 2. The van der Waals surface area contributed by atoms with E-state index >= 15 is 0 Å². The quantitative estimate of drug-likeness (QED) is 0.561. The second kappa shape index (κ2) is 9.08. The Morgan fingerprint density at radius 3 is 2.60 bits per heavy atom. The Hall–Kier alpha value is -2.54. The number of aryl methyl sites for hydroxylation is 1. The first-order chi connectivity index (χ1) is 12.0. The summed E-state index contributed by atoms with van der Waals surface area (Å²) in [4.78, 5) is 16.9. The number of hydrogen-bond acceptors (Lipinski definition) is 5. The van der Waals surface area contributed by atoms with Crippen LogP contribution in [0.3, 0.4) is 0 Å². The van der Waals surface area contributed by atoms with Crippen molar-refractivity contribution < 1.29 is 19.1 Å². The van der Waals surface area contributed by atoms with Crippen molar-refractivity contribution >= 4 is 33.7 Å². The lowest BCUT2D eigenvalue weighted by Crippen LogP contribution is -2.17. The van der Waals surface area contributed by atoms with Crippen molar-refractivity contribution in [2.24, 2.45) is 5.16 Å². The molecule has 1 N–H and O–H groups in total. The number of nitrogens with one attached hydrogen (secondary N) is 1. The normalized spacial score (nSPS) is 10.6. The number of nitrogens with zero attached hydrogens (tertiary/aromatic N) is 1. The molecule has 0 saturated heterocycles. The van der Waals surface area contributed by atoms with Crippen molar-refractivity contribution in [1.29, 1.82) is 0 Å².